The number of fused-ring (bicyclic) bond motifs is 1. The second-order valence-corrected chi connectivity index (χ2v) is 18.0. The number of nitrogens with zero attached hydrogens (tertiary/aromatic N) is 1. The molecule has 4 rings (SSSR count). The van der Waals surface area contributed by atoms with Crippen molar-refractivity contribution in [2.75, 3.05) is 18.6 Å². The SMILES string of the molecule is CCC[C@H](CC(=O)[C@@H]1[C@H]2CCCC2CN1C(=O)[C@@H](NC(=O)[C@@H](CS(C)(=O)=O)C1CCCCC1)C(C)(C)C)C(=O)C(=O)CC1CC1. The highest BCUT2D eigenvalue weighted by molar-refractivity contribution is 7.90. The van der Waals surface area contributed by atoms with Crippen LogP contribution in [-0.4, -0.2) is 73.1 Å². The summed E-state index contributed by atoms with van der Waals surface area (Å²) in [6.45, 7) is 7.98. The Hall–Kier alpha value is -2.10. The Bertz CT molecular complexity index is 1230. The summed E-state index contributed by atoms with van der Waals surface area (Å²) in [5.74, 6) is -2.97. The number of likely N-dealkylation sites (tertiary alicyclic amines) is 1. The van der Waals surface area contributed by atoms with Crippen LogP contribution in [0.15, 0.2) is 0 Å². The van der Waals surface area contributed by atoms with Crippen molar-refractivity contribution in [2.24, 2.45) is 40.9 Å². The molecule has 45 heavy (non-hydrogen) atoms. The van der Waals surface area contributed by atoms with Crippen molar-refractivity contribution in [3.05, 3.63) is 0 Å². The van der Waals surface area contributed by atoms with E-state index in [0.29, 0.717) is 25.3 Å². The highest BCUT2D eigenvalue weighted by atomic mass is 32.2. The van der Waals surface area contributed by atoms with E-state index in [9.17, 15) is 32.4 Å². The molecule has 1 aliphatic heterocycles. The van der Waals surface area contributed by atoms with Gasteiger partial charge in [0.1, 0.15) is 15.9 Å². The molecular weight excluding hydrogens is 592 g/mol. The zero-order valence-corrected chi connectivity index (χ0v) is 29.0. The summed E-state index contributed by atoms with van der Waals surface area (Å²) in [5, 5.41) is 2.99. The van der Waals surface area contributed by atoms with Gasteiger partial charge in [-0.1, -0.05) is 59.8 Å². The van der Waals surface area contributed by atoms with E-state index in [2.05, 4.69) is 5.32 Å². The van der Waals surface area contributed by atoms with Crippen LogP contribution >= 0.6 is 0 Å². The second-order valence-electron chi connectivity index (χ2n) is 15.8. The molecule has 1 unspecified atom stereocenters. The van der Waals surface area contributed by atoms with Crippen molar-refractivity contribution in [3.63, 3.8) is 0 Å². The second kappa shape index (κ2) is 14.8. The minimum Gasteiger partial charge on any atom is -0.344 e. The van der Waals surface area contributed by atoms with Crippen LogP contribution in [0.2, 0.25) is 0 Å². The minimum atomic E-state index is -3.44. The molecule has 4 fully saturated rings. The van der Waals surface area contributed by atoms with E-state index in [0.717, 1.165) is 70.5 Å². The molecule has 10 heteroatoms. The van der Waals surface area contributed by atoms with Crippen LogP contribution in [0.25, 0.3) is 0 Å². The lowest BCUT2D eigenvalue weighted by Crippen LogP contribution is -2.59. The fraction of sp³-hybridized carbons (Fsp3) is 0.857. The highest BCUT2D eigenvalue weighted by Crippen LogP contribution is 2.44. The summed E-state index contributed by atoms with van der Waals surface area (Å²) in [4.78, 5) is 70.0. The topological polar surface area (TPSA) is 135 Å². The third kappa shape index (κ3) is 9.25. The largest absolute Gasteiger partial charge is 0.344 e. The third-order valence-corrected chi connectivity index (χ3v) is 11.8. The molecule has 3 aliphatic carbocycles. The number of Topliss-reactive ketones (excluding diaryl/α,β-unsaturated/α-hetero) is 3. The summed E-state index contributed by atoms with van der Waals surface area (Å²) in [6.07, 6.45) is 11.7. The number of sulfone groups is 1. The molecule has 0 bridgehead atoms. The first kappa shape index (κ1) is 35.7. The van der Waals surface area contributed by atoms with E-state index in [-0.39, 0.29) is 53.8 Å². The van der Waals surface area contributed by atoms with E-state index >= 15 is 0 Å². The molecule has 2 amide bonds. The van der Waals surface area contributed by atoms with Crippen molar-refractivity contribution >= 4 is 39.0 Å². The summed E-state index contributed by atoms with van der Waals surface area (Å²) in [5.41, 5.74) is -0.698. The Balaban J connectivity index is 1.55. The van der Waals surface area contributed by atoms with Gasteiger partial charge in [0.05, 0.1) is 17.7 Å². The number of ketones is 3. The lowest BCUT2D eigenvalue weighted by atomic mass is 9.79. The predicted octanol–water partition coefficient (Wildman–Crippen LogP) is 4.70. The number of amides is 2. The molecule has 0 aromatic carbocycles. The number of hydrogen-bond acceptors (Lipinski definition) is 7. The van der Waals surface area contributed by atoms with Gasteiger partial charge >= 0.3 is 0 Å². The Labute approximate surface area is 270 Å². The molecule has 0 aromatic rings. The normalized spacial score (nSPS) is 26.2. The van der Waals surface area contributed by atoms with Gasteiger partial charge in [-0.05, 0) is 74.0 Å². The van der Waals surface area contributed by atoms with Crippen LogP contribution < -0.4 is 5.32 Å². The molecule has 254 valence electrons. The number of nitrogens with one attached hydrogen (secondary N) is 1. The Morgan fingerprint density at radius 1 is 0.911 bits per heavy atom. The highest BCUT2D eigenvalue weighted by Gasteiger charge is 2.52. The number of carbonyl (C=O) groups is 5. The van der Waals surface area contributed by atoms with Gasteiger partial charge in [0, 0.05) is 31.6 Å². The summed E-state index contributed by atoms with van der Waals surface area (Å²) in [7, 11) is -3.44. The van der Waals surface area contributed by atoms with Gasteiger partial charge in [-0.2, -0.15) is 0 Å². The molecule has 9 nitrogen and oxygen atoms in total. The molecule has 0 aromatic heterocycles. The van der Waals surface area contributed by atoms with E-state index in [1.165, 1.54) is 0 Å². The molecule has 1 saturated heterocycles. The Kier molecular flexibility index (Phi) is 11.7. The monoisotopic (exact) mass is 648 g/mol. The van der Waals surface area contributed by atoms with Gasteiger partial charge in [-0.3, -0.25) is 24.0 Å². The van der Waals surface area contributed by atoms with Gasteiger partial charge < -0.3 is 10.2 Å². The van der Waals surface area contributed by atoms with Crippen LogP contribution in [0.1, 0.15) is 118 Å². The average Bonchev–Trinajstić information content (AvgIpc) is 3.53. The van der Waals surface area contributed by atoms with Crippen molar-refractivity contribution in [3.8, 4) is 0 Å². The average molecular weight is 649 g/mol. The van der Waals surface area contributed by atoms with Crippen LogP contribution in [0.5, 0.6) is 0 Å². The fourth-order valence-corrected chi connectivity index (χ4v) is 9.32. The van der Waals surface area contributed by atoms with E-state index in [4.69, 9.17) is 0 Å². The molecule has 4 aliphatic rings. The van der Waals surface area contributed by atoms with E-state index in [1.54, 1.807) is 4.90 Å². The van der Waals surface area contributed by atoms with E-state index < -0.39 is 50.9 Å². The first-order valence-corrected chi connectivity index (χ1v) is 19.5. The van der Waals surface area contributed by atoms with Crippen molar-refractivity contribution in [2.45, 2.75) is 130 Å². The van der Waals surface area contributed by atoms with Crippen molar-refractivity contribution in [1.29, 1.82) is 0 Å². The van der Waals surface area contributed by atoms with Crippen LogP contribution in [0, 0.1) is 40.9 Å². The molecule has 6 atom stereocenters. The van der Waals surface area contributed by atoms with Crippen LogP contribution in [0.4, 0.5) is 0 Å². The number of carbonyl (C=O) groups excluding carboxylic acids is 5. The maximum Gasteiger partial charge on any atom is 0.246 e. The van der Waals surface area contributed by atoms with Gasteiger partial charge in [-0.15, -0.1) is 0 Å². The third-order valence-electron chi connectivity index (χ3n) is 10.8. The maximum atomic E-state index is 14.5. The maximum absolute atomic E-state index is 14.5. The first-order chi connectivity index (χ1) is 21.1. The summed E-state index contributed by atoms with van der Waals surface area (Å²) >= 11 is 0. The van der Waals surface area contributed by atoms with Crippen molar-refractivity contribution < 1.29 is 32.4 Å². The summed E-state index contributed by atoms with van der Waals surface area (Å²) < 4.78 is 24.8. The van der Waals surface area contributed by atoms with Crippen molar-refractivity contribution in [1.82, 2.24) is 10.2 Å². The summed E-state index contributed by atoms with van der Waals surface area (Å²) in [6, 6.07) is -1.64. The standard InChI is InChI=1S/C35H56N2O7S/c1-6-11-24(31(40)29(39)18-22-16-17-22)19-28(38)30-26-15-10-14-25(26)20-37(30)34(42)32(35(2,3)4)36-33(41)27(21-45(5,43)44)23-12-8-7-9-13-23/h22-27,30,32H,6-21H2,1-5H3,(H,36,41)/t24-,25?,26+,27+,30+,32-/m1/s1. The molecule has 0 spiro atoms. The first-order valence-electron chi connectivity index (χ1n) is 17.5. The predicted molar refractivity (Wildman–Crippen MR) is 173 cm³/mol. The molecule has 3 saturated carbocycles. The Morgan fingerprint density at radius 2 is 1.58 bits per heavy atom. The zero-order valence-electron chi connectivity index (χ0n) is 28.1. The minimum absolute atomic E-state index is 0.00228. The van der Waals surface area contributed by atoms with Gasteiger partial charge in [0.25, 0.3) is 0 Å². The number of hydrogen-bond donors (Lipinski definition) is 1. The van der Waals surface area contributed by atoms with Gasteiger partial charge in [0.15, 0.2) is 11.6 Å². The molecule has 1 N–H and O–H groups in total. The quantitative estimate of drug-likeness (QED) is 0.255. The number of rotatable bonds is 15. The molecule has 0 radical (unpaired) electrons. The molecular formula is C35H56N2O7S. The van der Waals surface area contributed by atoms with Gasteiger partial charge in [-0.25, -0.2) is 8.42 Å². The van der Waals surface area contributed by atoms with Crippen LogP contribution in [0.3, 0.4) is 0 Å². The Morgan fingerprint density at radius 3 is 2.16 bits per heavy atom. The van der Waals surface area contributed by atoms with Crippen LogP contribution in [-0.2, 0) is 33.8 Å². The fourth-order valence-electron chi connectivity index (χ4n) is 8.25. The molecule has 1 heterocycles. The van der Waals surface area contributed by atoms with E-state index in [1.807, 2.05) is 27.7 Å². The van der Waals surface area contributed by atoms with Gasteiger partial charge in [0.2, 0.25) is 17.6 Å². The smallest absolute Gasteiger partial charge is 0.246 e. The lowest BCUT2D eigenvalue weighted by molar-refractivity contribution is -0.146. The zero-order chi connectivity index (χ0) is 33.1. The lowest BCUT2D eigenvalue weighted by Gasteiger charge is -2.38.